The van der Waals surface area contributed by atoms with Crippen molar-refractivity contribution in [3.05, 3.63) is 35.4 Å². The van der Waals surface area contributed by atoms with E-state index in [2.05, 4.69) is 19.2 Å². The van der Waals surface area contributed by atoms with Crippen LogP contribution in [0, 0.1) is 0 Å². The molecule has 1 fully saturated rings. The van der Waals surface area contributed by atoms with Gasteiger partial charge < -0.3 is 10.2 Å². The van der Waals surface area contributed by atoms with E-state index in [-0.39, 0.29) is 17.7 Å². The highest BCUT2D eigenvalue weighted by Crippen LogP contribution is 2.14. The number of hydrogen-bond acceptors (Lipinski definition) is 3. The molecule has 4 nitrogen and oxygen atoms in total. The fourth-order valence-corrected chi connectivity index (χ4v) is 2.36. The van der Waals surface area contributed by atoms with Crippen molar-refractivity contribution in [2.24, 2.45) is 0 Å². The third-order valence-electron chi connectivity index (χ3n) is 3.83. The summed E-state index contributed by atoms with van der Waals surface area (Å²) in [6.07, 6.45) is 0. The van der Waals surface area contributed by atoms with Gasteiger partial charge in [0.05, 0.1) is 0 Å². The van der Waals surface area contributed by atoms with Gasteiger partial charge in [-0.15, -0.1) is 0 Å². The first-order chi connectivity index (χ1) is 9.00. The van der Waals surface area contributed by atoms with Gasteiger partial charge in [0.1, 0.15) is 0 Å². The molecule has 0 radical (unpaired) electrons. The molecule has 1 aromatic rings. The Morgan fingerprint density at radius 2 is 1.74 bits per heavy atom. The first kappa shape index (κ1) is 13.7. The standard InChI is InChI=1S/C15H20N2O2/c1-10-11(2)17(9-8-16-10)15(19)14-6-4-13(5-7-14)12(3)18/h4-7,10-11,16H,8-9H2,1-3H3. The van der Waals surface area contributed by atoms with Crippen LogP contribution in [0.4, 0.5) is 0 Å². The average molecular weight is 260 g/mol. The minimum absolute atomic E-state index is 0.0168. The van der Waals surface area contributed by atoms with Crippen LogP contribution in [0.2, 0.25) is 0 Å². The van der Waals surface area contributed by atoms with Crippen molar-refractivity contribution in [3.63, 3.8) is 0 Å². The Kier molecular flexibility index (Phi) is 4.00. The molecule has 0 spiro atoms. The Labute approximate surface area is 113 Å². The summed E-state index contributed by atoms with van der Waals surface area (Å²) in [6.45, 7) is 7.21. The van der Waals surface area contributed by atoms with Gasteiger partial charge in [0.25, 0.3) is 5.91 Å². The number of nitrogens with one attached hydrogen (secondary N) is 1. The van der Waals surface area contributed by atoms with E-state index in [1.165, 1.54) is 6.92 Å². The third-order valence-corrected chi connectivity index (χ3v) is 3.83. The van der Waals surface area contributed by atoms with E-state index >= 15 is 0 Å². The van der Waals surface area contributed by atoms with Crippen LogP contribution in [-0.4, -0.2) is 41.8 Å². The van der Waals surface area contributed by atoms with Gasteiger partial charge in [0, 0.05) is 36.3 Å². The summed E-state index contributed by atoms with van der Waals surface area (Å²) in [7, 11) is 0. The number of amides is 1. The molecule has 0 aromatic heterocycles. The maximum atomic E-state index is 12.5. The molecule has 19 heavy (non-hydrogen) atoms. The average Bonchev–Trinajstić information content (AvgIpc) is 2.41. The lowest BCUT2D eigenvalue weighted by atomic mass is 10.0. The Hall–Kier alpha value is -1.68. The van der Waals surface area contributed by atoms with E-state index in [0.717, 1.165) is 13.1 Å². The summed E-state index contributed by atoms with van der Waals surface area (Å²) in [6, 6.07) is 7.37. The molecule has 0 aliphatic carbocycles. The Morgan fingerprint density at radius 1 is 1.16 bits per heavy atom. The molecule has 0 saturated carbocycles. The largest absolute Gasteiger partial charge is 0.333 e. The molecule has 4 heteroatoms. The highest BCUT2D eigenvalue weighted by atomic mass is 16.2. The van der Waals surface area contributed by atoms with E-state index in [1.807, 2.05) is 4.90 Å². The molecule has 0 bridgehead atoms. The van der Waals surface area contributed by atoms with Crippen molar-refractivity contribution in [3.8, 4) is 0 Å². The molecular weight excluding hydrogens is 240 g/mol. The van der Waals surface area contributed by atoms with E-state index < -0.39 is 0 Å². The predicted molar refractivity (Wildman–Crippen MR) is 74.4 cm³/mol. The molecule has 1 aromatic carbocycles. The summed E-state index contributed by atoms with van der Waals surface area (Å²) in [5.74, 6) is 0.0547. The minimum Gasteiger partial charge on any atom is -0.333 e. The summed E-state index contributed by atoms with van der Waals surface area (Å²) >= 11 is 0. The first-order valence-corrected chi connectivity index (χ1v) is 6.66. The van der Waals surface area contributed by atoms with Crippen molar-refractivity contribution >= 4 is 11.7 Å². The molecule has 102 valence electrons. The number of carbonyl (C=O) groups excluding carboxylic acids is 2. The molecule has 1 N–H and O–H groups in total. The van der Waals surface area contributed by atoms with Gasteiger partial charge in [-0.25, -0.2) is 0 Å². The zero-order valence-corrected chi connectivity index (χ0v) is 11.6. The maximum Gasteiger partial charge on any atom is 0.254 e. The molecule has 2 rings (SSSR count). The van der Waals surface area contributed by atoms with Gasteiger partial charge in [0.15, 0.2) is 5.78 Å². The van der Waals surface area contributed by atoms with Gasteiger partial charge in [-0.3, -0.25) is 9.59 Å². The van der Waals surface area contributed by atoms with E-state index in [1.54, 1.807) is 24.3 Å². The lowest BCUT2D eigenvalue weighted by Crippen LogP contribution is -2.57. The lowest BCUT2D eigenvalue weighted by molar-refractivity contribution is 0.0602. The summed E-state index contributed by atoms with van der Waals surface area (Å²) in [4.78, 5) is 25.6. The number of hydrogen-bond donors (Lipinski definition) is 1. The van der Waals surface area contributed by atoms with Crippen LogP contribution in [0.25, 0.3) is 0 Å². The molecule has 1 aliphatic rings. The molecule has 1 heterocycles. The maximum absolute atomic E-state index is 12.5. The van der Waals surface area contributed by atoms with Crippen LogP contribution < -0.4 is 5.32 Å². The summed E-state index contributed by atoms with van der Waals surface area (Å²) in [5, 5.41) is 3.35. The van der Waals surface area contributed by atoms with Crippen LogP contribution in [0.5, 0.6) is 0 Å². The zero-order chi connectivity index (χ0) is 14.0. The number of nitrogens with zero attached hydrogens (tertiary/aromatic N) is 1. The zero-order valence-electron chi connectivity index (χ0n) is 11.6. The van der Waals surface area contributed by atoms with E-state index in [0.29, 0.717) is 17.2 Å². The fourth-order valence-electron chi connectivity index (χ4n) is 2.36. The van der Waals surface area contributed by atoms with Crippen molar-refractivity contribution < 1.29 is 9.59 Å². The number of carbonyl (C=O) groups is 2. The Morgan fingerprint density at radius 3 is 2.32 bits per heavy atom. The SMILES string of the molecule is CC(=O)c1ccc(C(=O)N2CCNC(C)C2C)cc1. The lowest BCUT2D eigenvalue weighted by Gasteiger charge is -2.38. The van der Waals surface area contributed by atoms with Gasteiger partial charge in [-0.05, 0) is 32.9 Å². The van der Waals surface area contributed by atoms with E-state index in [9.17, 15) is 9.59 Å². The predicted octanol–water partition coefficient (Wildman–Crippen LogP) is 1.71. The quantitative estimate of drug-likeness (QED) is 0.824. The van der Waals surface area contributed by atoms with Crippen LogP contribution >= 0.6 is 0 Å². The number of Topliss-reactive ketones (excluding diaryl/α,β-unsaturated/α-hetero) is 1. The second kappa shape index (κ2) is 5.53. The molecule has 1 saturated heterocycles. The fraction of sp³-hybridized carbons (Fsp3) is 0.467. The second-order valence-electron chi connectivity index (χ2n) is 5.12. The molecule has 2 atom stereocenters. The minimum atomic E-state index is 0.0168. The Balaban J connectivity index is 2.17. The van der Waals surface area contributed by atoms with Gasteiger partial charge >= 0.3 is 0 Å². The highest BCUT2D eigenvalue weighted by molar-refractivity contribution is 5.97. The smallest absolute Gasteiger partial charge is 0.254 e. The third kappa shape index (κ3) is 2.84. The first-order valence-electron chi connectivity index (χ1n) is 6.66. The summed E-state index contributed by atoms with van der Waals surface area (Å²) < 4.78 is 0. The Bertz CT molecular complexity index is 481. The van der Waals surface area contributed by atoms with Crippen molar-refractivity contribution in [1.82, 2.24) is 10.2 Å². The van der Waals surface area contributed by atoms with Gasteiger partial charge in [-0.2, -0.15) is 0 Å². The number of rotatable bonds is 2. The summed E-state index contributed by atoms with van der Waals surface area (Å²) in [5.41, 5.74) is 1.28. The number of piperazine rings is 1. The van der Waals surface area contributed by atoms with Gasteiger partial charge in [-0.1, -0.05) is 12.1 Å². The molecular formula is C15H20N2O2. The van der Waals surface area contributed by atoms with Gasteiger partial charge in [0.2, 0.25) is 0 Å². The van der Waals surface area contributed by atoms with Crippen molar-refractivity contribution in [2.75, 3.05) is 13.1 Å². The molecule has 2 unspecified atom stereocenters. The van der Waals surface area contributed by atoms with Crippen molar-refractivity contribution in [2.45, 2.75) is 32.9 Å². The van der Waals surface area contributed by atoms with E-state index in [4.69, 9.17) is 0 Å². The molecule has 1 amide bonds. The van der Waals surface area contributed by atoms with Crippen molar-refractivity contribution in [1.29, 1.82) is 0 Å². The number of benzene rings is 1. The molecule has 1 aliphatic heterocycles. The monoisotopic (exact) mass is 260 g/mol. The second-order valence-corrected chi connectivity index (χ2v) is 5.12. The topological polar surface area (TPSA) is 49.4 Å². The normalized spacial score (nSPS) is 23.2. The highest BCUT2D eigenvalue weighted by Gasteiger charge is 2.28. The number of ketones is 1. The van der Waals surface area contributed by atoms with Crippen LogP contribution in [0.3, 0.4) is 0 Å². The van der Waals surface area contributed by atoms with Crippen LogP contribution in [-0.2, 0) is 0 Å². The van der Waals surface area contributed by atoms with Crippen LogP contribution in [0.15, 0.2) is 24.3 Å². The van der Waals surface area contributed by atoms with Crippen LogP contribution in [0.1, 0.15) is 41.5 Å².